The summed E-state index contributed by atoms with van der Waals surface area (Å²) in [6.45, 7) is 4.16. The number of rotatable bonds is 7. The summed E-state index contributed by atoms with van der Waals surface area (Å²) in [6.07, 6.45) is 2.26. The van der Waals surface area contributed by atoms with Crippen LogP contribution in [0.4, 0.5) is 11.4 Å². The molecule has 33 heavy (non-hydrogen) atoms. The molecule has 3 aliphatic rings. The second-order valence-corrected chi connectivity index (χ2v) is 9.58. The van der Waals surface area contributed by atoms with Crippen LogP contribution in [0.15, 0.2) is 36.4 Å². The van der Waals surface area contributed by atoms with Gasteiger partial charge in [-0.3, -0.25) is 9.59 Å². The number of fused-ring (bicyclic) bond motifs is 2. The molecular formula is C25H29N3O5. The number of aliphatic hydroxyl groups is 1. The van der Waals surface area contributed by atoms with Crippen LogP contribution in [0, 0.1) is 5.41 Å². The molecule has 0 bridgehead atoms. The zero-order chi connectivity index (χ0) is 23.2. The summed E-state index contributed by atoms with van der Waals surface area (Å²) in [6, 6.07) is 11.5. The third-order valence-corrected chi connectivity index (χ3v) is 7.08. The second-order valence-electron chi connectivity index (χ2n) is 9.58. The Hall–Kier alpha value is -3.26. The molecule has 0 radical (unpaired) electrons. The van der Waals surface area contributed by atoms with Gasteiger partial charge in [0, 0.05) is 24.0 Å². The molecule has 0 saturated heterocycles. The topological polar surface area (TPSA) is 109 Å². The van der Waals surface area contributed by atoms with Gasteiger partial charge in [-0.25, -0.2) is 0 Å². The first-order chi connectivity index (χ1) is 15.8. The Labute approximate surface area is 192 Å². The number of amides is 2. The van der Waals surface area contributed by atoms with E-state index in [1.165, 1.54) is 0 Å². The third kappa shape index (κ3) is 3.78. The third-order valence-electron chi connectivity index (χ3n) is 7.08. The minimum absolute atomic E-state index is 0.0208. The van der Waals surface area contributed by atoms with Gasteiger partial charge in [0.15, 0.2) is 11.5 Å². The van der Waals surface area contributed by atoms with Crippen molar-refractivity contribution in [3.63, 3.8) is 0 Å². The van der Waals surface area contributed by atoms with E-state index in [0.717, 1.165) is 35.3 Å². The lowest BCUT2D eigenvalue weighted by molar-refractivity contribution is -0.130. The number of aliphatic hydroxyl groups excluding tert-OH is 1. The molecule has 4 N–H and O–H groups in total. The average molecular weight is 452 g/mol. The zero-order valence-corrected chi connectivity index (χ0v) is 18.9. The zero-order valence-electron chi connectivity index (χ0n) is 18.9. The first-order valence-electron chi connectivity index (χ1n) is 11.3. The van der Waals surface area contributed by atoms with Crippen molar-refractivity contribution in [1.82, 2.24) is 5.32 Å². The number of carbonyl (C=O) groups is 2. The van der Waals surface area contributed by atoms with Gasteiger partial charge in [0.05, 0.1) is 17.4 Å². The van der Waals surface area contributed by atoms with Crippen LogP contribution in [0.3, 0.4) is 0 Å². The lowest BCUT2D eigenvalue weighted by Crippen LogP contribution is -2.47. The maximum absolute atomic E-state index is 13.2. The van der Waals surface area contributed by atoms with E-state index in [0.29, 0.717) is 17.9 Å². The predicted octanol–water partition coefficient (Wildman–Crippen LogP) is 2.56. The molecule has 2 amide bonds. The molecule has 8 heteroatoms. The van der Waals surface area contributed by atoms with Gasteiger partial charge in [0.2, 0.25) is 18.6 Å². The van der Waals surface area contributed by atoms with E-state index in [2.05, 4.69) is 16.0 Å². The van der Waals surface area contributed by atoms with E-state index < -0.39 is 10.8 Å². The van der Waals surface area contributed by atoms with Crippen LogP contribution >= 0.6 is 0 Å². The van der Waals surface area contributed by atoms with Crippen molar-refractivity contribution < 1.29 is 24.2 Å². The smallest absolute Gasteiger partial charge is 0.235 e. The fraction of sp³-hybridized carbons (Fsp3) is 0.440. The van der Waals surface area contributed by atoms with E-state index in [1.807, 2.05) is 50.2 Å². The number of hydrogen-bond donors (Lipinski definition) is 4. The summed E-state index contributed by atoms with van der Waals surface area (Å²) >= 11 is 0. The molecule has 0 spiro atoms. The fourth-order valence-electron chi connectivity index (χ4n) is 4.65. The van der Waals surface area contributed by atoms with Gasteiger partial charge in [-0.05, 0) is 74.6 Å². The van der Waals surface area contributed by atoms with Crippen LogP contribution < -0.4 is 25.4 Å². The standard InChI is InChI=1S/C25H29N3O5/c1-24(2,22(30)26-9-10-29)21-12-15-11-17(4-5-18(15)28-21)27-23(31)25(7-8-25)16-3-6-19-20(13-16)33-14-32-19/h3-6,11,13,21,28-29H,7-10,12,14H2,1-2H3,(H,26,30)(H,27,31). The van der Waals surface area contributed by atoms with Gasteiger partial charge >= 0.3 is 0 Å². The molecule has 2 aliphatic heterocycles. The maximum atomic E-state index is 13.2. The van der Waals surface area contributed by atoms with E-state index >= 15 is 0 Å². The van der Waals surface area contributed by atoms with Crippen LogP contribution in [-0.4, -0.2) is 42.9 Å². The summed E-state index contributed by atoms with van der Waals surface area (Å²) in [5.74, 6) is 1.28. The number of carbonyl (C=O) groups excluding carboxylic acids is 2. The van der Waals surface area contributed by atoms with Gasteiger partial charge < -0.3 is 30.5 Å². The first-order valence-corrected chi connectivity index (χ1v) is 11.3. The highest BCUT2D eigenvalue weighted by Gasteiger charge is 2.51. The Morgan fingerprint density at radius 3 is 2.70 bits per heavy atom. The van der Waals surface area contributed by atoms with Gasteiger partial charge in [0.25, 0.3) is 0 Å². The van der Waals surface area contributed by atoms with Gasteiger partial charge in [-0.2, -0.15) is 0 Å². The largest absolute Gasteiger partial charge is 0.454 e. The normalized spacial score (nSPS) is 19.4. The minimum Gasteiger partial charge on any atom is -0.454 e. The van der Waals surface area contributed by atoms with E-state index in [1.54, 1.807) is 0 Å². The van der Waals surface area contributed by atoms with Crippen molar-refractivity contribution >= 4 is 23.2 Å². The molecule has 2 aromatic rings. The monoisotopic (exact) mass is 451 g/mol. The Morgan fingerprint density at radius 1 is 1.15 bits per heavy atom. The summed E-state index contributed by atoms with van der Waals surface area (Å²) in [5, 5.41) is 18.3. The van der Waals surface area contributed by atoms with E-state index in [4.69, 9.17) is 14.6 Å². The summed E-state index contributed by atoms with van der Waals surface area (Å²) in [4.78, 5) is 25.8. The number of hydrogen-bond acceptors (Lipinski definition) is 6. The molecule has 8 nitrogen and oxygen atoms in total. The Kier molecular flexibility index (Phi) is 5.20. The number of benzene rings is 2. The van der Waals surface area contributed by atoms with Crippen LogP contribution in [0.1, 0.15) is 37.8 Å². The lowest BCUT2D eigenvalue weighted by atomic mass is 9.82. The fourth-order valence-corrected chi connectivity index (χ4v) is 4.65. The molecule has 174 valence electrons. The molecule has 1 saturated carbocycles. The van der Waals surface area contributed by atoms with Gasteiger partial charge in [-0.1, -0.05) is 6.07 Å². The molecule has 1 aliphatic carbocycles. The van der Waals surface area contributed by atoms with Crippen molar-refractivity contribution in [1.29, 1.82) is 0 Å². The second kappa shape index (κ2) is 7.95. The van der Waals surface area contributed by atoms with Crippen molar-refractivity contribution in [3.8, 4) is 11.5 Å². The van der Waals surface area contributed by atoms with Gasteiger partial charge in [-0.15, -0.1) is 0 Å². The molecule has 2 aromatic carbocycles. The van der Waals surface area contributed by atoms with Crippen molar-refractivity contribution in [2.24, 2.45) is 5.41 Å². The Morgan fingerprint density at radius 2 is 1.94 bits per heavy atom. The highest BCUT2D eigenvalue weighted by molar-refractivity contribution is 6.01. The van der Waals surface area contributed by atoms with Crippen LogP contribution in [0.2, 0.25) is 0 Å². The lowest BCUT2D eigenvalue weighted by Gasteiger charge is -2.30. The van der Waals surface area contributed by atoms with E-state index in [9.17, 15) is 9.59 Å². The Balaban J connectivity index is 1.28. The SMILES string of the molecule is CC(C)(C(=O)NCCO)C1Cc2cc(NC(=O)C3(c4ccc5c(c4)OCO5)CC3)ccc2N1. The summed E-state index contributed by atoms with van der Waals surface area (Å²) in [5.41, 5.74) is 2.54. The van der Waals surface area contributed by atoms with Crippen molar-refractivity contribution in [2.75, 3.05) is 30.6 Å². The minimum atomic E-state index is -0.658. The van der Waals surface area contributed by atoms with Gasteiger partial charge in [0.1, 0.15) is 0 Å². The van der Waals surface area contributed by atoms with E-state index in [-0.39, 0.29) is 37.8 Å². The molecule has 1 atom stereocenters. The molecule has 5 rings (SSSR count). The molecule has 1 unspecified atom stereocenters. The molecule has 1 fully saturated rings. The molecular weight excluding hydrogens is 422 g/mol. The van der Waals surface area contributed by atoms with Crippen molar-refractivity contribution in [2.45, 2.75) is 44.6 Å². The number of nitrogens with one attached hydrogen (secondary N) is 3. The highest BCUT2D eigenvalue weighted by Crippen LogP contribution is 2.51. The van der Waals surface area contributed by atoms with Crippen LogP contribution in [-0.2, 0) is 21.4 Å². The van der Waals surface area contributed by atoms with Crippen LogP contribution in [0.25, 0.3) is 0 Å². The first kappa shape index (κ1) is 21.6. The van der Waals surface area contributed by atoms with Crippen LogP contribution in [0.5, 0.6) is 11.5 Å². The van der Waals surface area contributed by atoms with Crippen molar-refractivity contribution in [3.05, 3.63) is 47.5 Å². The number of ether oxygens (including phenoxy) is 2. The quantitative estimate of drug-likeness (QED) is 0.515. The predicted molar refractivity (Wildman–Crippen MR) is 124 cm³/mol. The highest BCUT2D eigenvalue weighted by atomic mass is 16.7. The maximum Gasteiger partial charge on any atom is 0.235 e. The summed E-state index contributed by atoms with van der Waals surface area (Å²) < 4.78 is 10.9. The molecule has 0 aromatic heterocycles. The number of anilines is 2. The average Bonchev–Trinajstić information content (AvgIpc) is 3.29. The molecule has 2 heterocycles. The Bertz CT molecular complexity index is 1110. The summed E-state index contributed by atoms with van der Waals surface area (Å²) in [7, 11) is 0.